The second kappa shape index (κ2) is 4.35. The molecule has 1 amide bonds. The van der Waals surface area contributed by atoms with Crippen LogP contribution in [0.5, 0.6) is 0 Å². The predicted molar refractivity (Wildman–Crippen MR) is 53.0 cm³/mol. The van der Waals surface area contributed by atoms with Gasteiger partial charge in [0.15, 0.2) is 5.76 Å². The maximum atomic E-state index is 12.6. The molecule has 1 unspecified atom stereocenters. The van der Waals surface area contributed by atoms with Crippen LogP contribution in [-0.4, -0.2) is 28.7 Å². The van der Waals surface area contributed by atoms with Gasteiger partial charge < -0.3 is 14.8 Å². The number of furan rings is 1. The van der Waals surface area contributed by atoms with Crippen molar-refractivity contribution in [1.82, 2.24) is 5.32 Å². The zero-order chi connectivity index (χ0) is 14.1. The average molecular weight is 265 g/mol. The fourth-order valence-electron chi connectivity index (χ4n) is 1.13. The van der Waals surface area contributed by atoms with Gasteiger partial charge in [-0.25, -0.2) is 4.79 Å². The van der Waals surface area contributed by atoms with Crippen LogP contribution in [0.3, 0.4) is 0 Å². The fraction of sp³-hybridized carbons (Fsp3) is 0.400. The molecule has 0 aliphatic rings. The molecule has 0 aliphatic heterocycles. The zero-order valence-corrected chi connectivity index (χ0v) is 9.46. The Bertz CT molecular complexity index is 480. The number of carbonyl (C=O) groups is 2. The van der Waals surface area contributed by atoms with Crippen molar-refractivity contribution in [2.75, 3.05) is 0 Å². The number of aryl methyl sites for hydroxylation is 1. The van der Waals surface area contributed by atoms with Crippen LogP contribution in [0.2, 0.25) is 0 Å². The third kappa shape index (κ3) is 2.31. The molecule has 100 valence electrons. The first-order chi connectivity index (χ1) is 8.09. The minimum Gasteiger partial charge on any atom is -0.479 e. The fourth-order valence-corrected chi connectivity index (χ4v) is 1.13. The maximum Gasteiger partial charge on any atom is 0.422 e. The molecular weight excluding hydrogens is 255 g/mol. The van der Waals surface area contributed by atoms with Crippen LogP contribution in [0.15, 0.2) is 16.7 Å². The summed E-state index contributed by atoms with van der Waals surface area (Å²) in [5.41, 5.74) is -3.06. The molecule has 1 aromatic rings. The third-order valence-electron chi connectivity index (χ3n) is 2.43. The van der Waals surface area contributed by atoms with E-state index in [-0.39, 0.29) is 5.76 Å². The van der Waals surface area contributed by atoms with Crippen molar-refractivity contribution in [3.8, 4) is 0 Å². The number of carboxylic acids is 1. The summed E-state index contributed by atoms with van der Waals surface area (Å²) in [6.07, 6.45) is -4.01. The smallest absolute Gasteiger partial charge is 0.422 e. The van der Waals surface area contributed by atoms with E-state index in [0.717, 1.165) is 6.26 Å². The number of amides is 1. The summed E-state index contributed by atoms with van der Waals surface area (Å²) in [6, 6.07) is 1.38. The van der Waals surface area contributed by atoms with Gasteiger partial charge in [-0.1, -0.05) is 0 Å². The Hall–Kier alpha value is -1.99. The van der Waals surface area contributed by atoms with Crippen LogP contribution in [0.25, 0.3) is 0 Å². The van der Waals surface area contributed by atoms with Gasteiger partial charge in [-0.05, 0) is 19.9 Å². The molecule has 2 N–H and O–H groups in total. The summed E-state index contributed by atoms with van der Waals surface area (Å²) in [6.45, 7) is 1.82. The molecule has 5 nitrogen and oxygen atoms in total. The normalized spacial score (nSPS) is 14.9. The van der Waals surface area contributed by atoms with Gasteiger partial charge >= 0.3 is 12.1 Å². The first-order valence-corrected chi connectivity index (χ1v) is 4.76. The molecule has 1 aromatic heterocycles. The van der Waals surface area contributed by atoms with Crippen LogP contribution >= 0.6 is 0 Å². The van der Waals surface area contributed by atoms with E-state index in [4.69, 9.17) is 9.52 Å². The summed E-state index contributed by atoms with van der Waals surface area (Å²) in [5, 5.41) is 10.0. The van der Waals surface area contributed by atoms with E-state index in [9.17, 15) is 22.8 Å². The molecule has 0 spiro atoms. The average Bonchev–Trinajstić information content (AvgIpc) is 2.62. The van der Waals surface area contributed by atoms with Gasteiger partial charge in [0.25, 0.3) is 5.91 Å². The van der Waals surface area contributed by atoms with E-state index in [0.29, 0.717) is 12.5 Å². The number of carbonyl (C=O) groups excluding carboxylic acids is 1. The van der Waals surface area contributed by atoms with Crippen LogP contribution in [0, 0.1) is 6.92 Å². The summed E-state index contributed by atoms with van der Waals surface area (Å²) < 4.78 is 42.6. The molecule has 0 fully saturated rings. The Kier molecular flexibility index (Phi) is 3.40. The first-order valence-electron chi connectivity index (χ1n) is 4.76. The van der Waals surface area contributed by atoms with Crippen LogP contribution in [-0.2, 0) is 4.79 Å². The highest BCUT2D eigenvalue weighted by molar-refractivity contribution is 5.97. The van der Waals surface area contributed by atoms with E-state index in [1.165, 1.54) is 18.3 Å². The molecule has 0 aliphatic carbocycles. The van der Waals surface area contributed by atoms with Crippen molar-refractivity contribution < 1.29 is 32.3 Å². The van der Waals surface area contributed by atoms with Crippen molar-refractivity contribution in [3.05, 3.63) is 23.7 Å². The first kappa shape index (κ1) is 14.1. The quantitative estimate of drug-likeness (QED) is 0.872. The molecule has 1 rings (SSSR count). The third-order valence-corrected chi connectivity index (χ3v) is 2.43. The monoisotopic (exact) mass is 265 g/mol. The molecule has 1 atom stereocenters. The second-order valence-electron chi connectivity index (χ2n) is 3.81. The number of aliphatic carboxylic acids is 1. The van der Waals surface area contributed by atoms with Gasteiger partial charge in [0.05, 0.1) is 6.26 Å². The van der Waals surface area contributed by atoms with E-state index >= 15 is 0 Å². The largest absolute Gasteiger partial charge is 0.479 e. The second-order valence-corrected chi connectivity index (χ2v) is 3.81. The molecule has 18 heavy (non-hydrogen) atoms. The number of hydrogen-bond donors (Lipinski definition) is 2. The highest BCUT2D eigenvalue weighted by Crippen LogP contribution is 2.30. The Labute approximate surface area is 99.6 Å². The van der Waals surface area contributed by atoms with E-state index in [1.54, 1.807) is 0 Å². The Balaban J connectivity index is 3.04. The van der Waals surface area contributed by atoms with Gasteiger partial charge in [0.2, 0.25) is 5.54 Å². The Morgan fingerprint density at radius 3 is 2.28 bits per heavy atom. The highest BCUT2D eigenvalue weighted by atomic mass is 19.4. The summed E-state index contributed by atoms with van der Waals surface area (Å²) >= 11 is 0. The molecule has 1 heterocycles. The molecule has 0 bridgehead atoms. The van der Waals surface area contributed by atoms with Crippen LogP contribution in [0.4, 0.5) is 13.2 Å². The van der Waals surface area contributed by atoms with Crippen LogP contribution in [0.1, 0.15) is 23.0 Å². The number of rotatable bonds is 3. The van der Waals surface area contributed by atoms with Crippen molar-refractivity contribution in [2.24, 2.45) is 0 Å². The lowest BCUT2D eigenvalue weighted by molar-refractivity contribution is -0.203. The lowest BCUT2D eigenvalue weighted by Gasteiger charge is -2.28. The minimum atomic E-state index is -5.13. The molecular formula is C10H10F3NO4. The zero-order valence-electron chi connectivity index (χ0n) is 9.46. The van der Waals surface area contributed by atoms with Crippen LogP contribution < -0.4 is 5.32 Å². The molecule has 0 saturated carbocycles. The van der Waals surface area contributed by atoms with Gasteiger partial charge in [-0.3, -0.25) is 4.79 Å². The molecule has 0 aromatic carbocycles. The summed E-state index contributed by atoms with van der Waals surface area (Å²) in [5.74, 6) is -3.79. The lowest BCUT2D eigenvalue weighted by Crippen LogP contribution is -2.61. The van der Waals surface area contributed by atoms with Crippen molar-refractivity contribution >= 4 is 11.9 Å². The molecule has 0 saturated heterocycles. The SMILES string of the molecule is Cc1ccoc1C(=O)NC(C)(C(=O)O)C(F)(F)F. The number of alkyl halides is 3. The number of nitrogens with one attached hydrogen (secondary N) is 1. The number of halogens is 3. The standard InChI is InChI=1S/C10H10F3NO4/c1-5-3-4-18-6(5)7(15)14-9(2,8(16)17)10(11,12)13/h3-4H,1-2H3,(H,14,15)(H,16,17). The van der Waals surface area contributed by atoms with Gasteiger partial charge in [0.1, 0.15) is 0 Å². The van der Waals surface area contributed by atoms with Crippen molar-refractivity contribution in [1.29, 1.82) is 0 Å². The predicted octanol–water partition coefficient (Wildman–Crippen LogP) is 1.72. The van der Waals surface area contributed by atoms with Crippen molar-refractivity contribution in [2.45, 2.75) is 25.6 Å². The topological polar surface area (TPSA) is 79.5 Å². The Morgan fingerprint density at radius 1 is 1.39 bits per heavy atom. The van der Waals surface area contributed by atoms with Gasteiger partial charge in [-0.2, -0.15) is 13.2 Å². The minimum absolute atomic E-state index is 0.308. The number of carboxylic acid groups (broad SMARTS) is 1. The van der Waals surface area contributed by atoms with E-state index in [2.05, 4.69) is 0 Å². The Morgan fingerprint density at radius 2 is 1.94 bits per heavy atom. The van der Waals surface area contributed by atoms with E-state index in [1.807, 2.05) is 0 Å². The lowest BCUT2D eigenvalue weighted by atomic mass is 10.0. The number of hydrogen-bond acceptors (Lipinski definition) is 3. The van der Waals surface area contributed by atoms with Gasteiger partial charge in [-0.15, -0.1) is 0 Å². The molecule has 8 heteroatoms. The summed E-state index contributed by atoms with van der Waals surface area (Å²) in [7, 11) is 0. The van der Waals surface area contributed by atoms with Gasteiger partial charge in [0, 0.05) is 5.56 Å². The molecule has 0 radical (unpaired) electrons. The summed E-state index contributed by atoms with van der Waals surface area (Å²) in [4.78, 5) is 22.2. The highest BCUT2D eigenvalue weighted by Gasteiger charge is 2.58. The van der Waals surface area contributed by atoms with E-state index < -0.39 is 23.6 Å². The maximum absolute atomic E-state index is 12.6. The van der Waals surface area contributed by atoms with Crippen molar-refractivity contribution in [3.63, 3.8) is 0 Å².